The van der Waals surface area contributed by atoms with Crippen molar-refractivity contribution in [3.05, 3.63) is 89.5 Å². The van der Waals surface area contributed by atoms with Gasteiger partial charge in [0.1, 0.15) is 5.75 Å². The normalized spacial score (nSPS) is 13.8. The zero-order valence-electron chi connectivity index (χ0n) is 18.4. The first-order chi connectivity index (χ1) is 15.6. The molecule has 0 saturated carbocycles. The summed E-state index contributed by atoms with van der Waals surface area (Å²) in [5, 5.41) is 2.87. The molecule has 0 aliphatic carbocycles. The van der Waals surface area contributed by atoms with Gasteiger partial charge in [-0.05, 0) is 60.9 Å². The summed E-state index contributed by atoms with van der Waals surface area (Å²) < 4.78 is 5.29. The lowest BCUT2D eigenvalue weighted by Crippen LogP contribution is -2.49. The minimum Gasteiger partial charge on any atom is -0.495 e. The maximum atomic E-state index is 13.1. The summed E-state index contributed by atoms with van der Waals surface area (Å²) in [6.07, 6.45) is 0.896. The maximum absolute atomic E-state index is 13.1. The topological polar surface area (TPSA) is 61.9 Å². The molecule has 32 heavy (non-hydrogen) atoms. The molecule has 0 unspecified atom stereocenters. The lowest BCUT2D eigenvalue weighted by Gasteiger charge is -2.36. The van der Waals surface area contributed by atoms with Crippen LogP contribution in [0.4, 0.5) is 16.2 Å². The van der Waals surface area contributed by atoms with E-state index >= 15 is 0 Å². The Hall–Kier alpha value is -3.80. The Balaban J connectivity index is 1.45. The van der Waals surface area contributed by atoms with Crippen molar-refractivity contribution in [2.45, 2.75) is 19.9 Å². The molecule has 0 atom stereocenters. The van der Waals surface area contributed by atoms with Gasteiger partial charge in [-0.2, -0.15) is 0 Å². The van der Waals surface area contributed by atoms with E-state index in [1.54, 1.807) is 36.3 Å². The van der Waals surface area contributed by atoms with E-state index in [0.717, 1.165) is 24.2 Å². The number of rotatable bonds is 6. The van der Waals surface area contributed by atoms with Gasteiger partial charge in [0.2, 0.25) is 0 Å². The summed E-state index contributed by atoms with van der Waals surface area (Å²) in [5.41, 5.74) is 4.26. The van der Waals surface area contributed by atoms with Gasteiger partial charge in [0.25, 0.3) is 5.91 Å². The highest BCUT2D eigenvalue weighted by Gasteiger charge is 2.27. The Morgan fingerprint density at radius 3 is 2.44 bits per heavy atom. The van der Waals surface area contributed by atoms with Crippen LogP contribution < -0.4 is 15.0 Å². The average molecular weight is 430 g/mol. The molecule has 6 heteroatoms. The van der Waals surface area contributed by atoms with Crippen molar-refractivity contribution in [1.82, 2.24) is 4.90 Å². The number of benzene rings is 3. The van der Waals surface area contributed by atoms with Gasteiger partial charge in [-0.3, -0.25) is 9.69 Å². The van der Waals surface area contributed by atoms with E-state index in [1.165, 1.54) is 5.56 Å². The van der Waals surface area contributed by atoms with Crippen molar-refractivity contribution >= 4 is 23.3 Å². The van der Waals surface area contributed by atoms with Crippen molar-refractivity contribution in [1.29, 1.82) is 0 Å². The summed E-state index contributed by atoms with van der Waals surface area (Å²) in [4.78, 5) is 29.5. The number of carbonyl (C=O) groups is 2. The number of urea groups is 1. The molecule has 1 fully saturated rings. The van der Waals surface area contributed by atoms with Gasteiger partial charge in [0.05, 0.1) is 12.8 Å². The molecule has 4 rings (SSSR count). The number of nitrogens with one attached hydrogen (secondary N) is 1. The van der Waals surface area contributed by atoms with Crippen LogP contribution in [0.15, 0.2) is 72.8 Å². The van der Waals surface area contributed by atoms with Crippen LogP contribution in [0, 0.1) is 6.92 Å². The Labute approximate surface area is 188 Å². The predicted octanol–water partition coefficient (Wildman–Crippen LogP) is 5.09. The van der Waals surface area contributed by atoms with E-state index < -0.39 is 0 Å². The molecular weight excluding hydrogens is 402 g/mol. The lowest BCUT2D eigenvalue weighted by molar-refractivity contribution is 0.102. The van der Waals surface area contributed by atoms with E-state index in [4.69, 9.17) is 4.74 Å². The molecule has 0 spiro atoms. The molecule has 6 nitrogen and oxygen atoms in total. The Kier molecular flexibility index (Phi) is 6.40. The number of para-hydroxylation sites is 2. The zero-order valence-corrected chi connectivity index (χ0v) is 18.4. The molecule has 0 bridgehead atoms. The van der Waals surface area contributed by atoms with Gasteiger partial charge in [0.15, 0.2) is 0 Å². The maximum Gasteiger partial charge on any atom is 0.324 e. The number of amides is 3. The SMILES string of the molecule is COc1ccccc1NC(=O)c1ccc(N2CCCN(Cc3ccccc3C)C2=O)cc1. The van der Waals surface area contributed by atoms with E-state index in [1.807, 2.05) is 41.3 Å². The van der Waals surface area contributed by atoms with Crippen LogP contribution in [0.2, 0.25) is 0 Å². The fourth-order valence-electron chi connectivity index (χ4n) is 3.90. The average Bonchev–Trinajstić information content (AvgIpc) is 2.82. The Bertz CT molecular complexity index is 1110. The summed E-state index contributed by atoms with van der Waals surface area (Å²) in [7, 11) is 1.57. The van der Waals surface area contributed by atoms with Crippen LogP contribution in [0.25, 0.3) is 0 Å². The minimum atomic E-state index is -0.229. The Morgan fingerprint density at radius 1 is 0.969 bits per heavy atom. The molecule has 1 heterocycles. The Morgan fingerprint density at radius 2 is 1.69 bits per heavy atom. The fraction of sp³-hybridized carbons (Fsp3) is 0.231. The summed E-state index contributed by atoms with van der Waals surface area (Å²) >= 11 is 0. The number of carbonyl (C=O) groups excluding carboxylic acids is 2. The molecule has 1 aliphatic rings. The number of hydrogen-bond donors (Lipinski definition) is 1. The summed E-state index contributed by atoms with van der Waals surface area (Å²) in [6, 6.07) is 22.5. The monoisotopic (exact) mass is 429 g/mol. The molecule has 1 saturated heterocycles. The first-order valence-corrected chi connectivity index (χ1v) is 10.7. The second-order valence-corrected chi connectivity index (χ2v) is 7.84. The first kappa shape index (κ1) is 21.4. The molecule has 0 aromatic heterocycles. The number of methoxy groups -OCH3 is 1. The molecule has 0 radical (unpaired) electrons. The molecule has 1 N–H and O–H groups in total. The van der Waals surface area contributed by atoms with Crippen LogP contribution in [0.1, 0.15) is 27.9 Å². The number of hydrogen-bond acceptors (Lipinski definition) is 3. The highest BCUT2D eigenvalue weighted by molar-refractivity contribution is 6.05. The second-order valence-electron chi connectivity index (χ2n) is 7.84. The number of aryl methyl sites for hydroxylation is 1. The molecule has 3 aromatic rings. The molecule has 164 valence electrons. The summed E-state index contributed by atoms with van der Waals surface area (Å²) in [6.45, 7) is 4.07. The van der Waals surface area contributed by atoms with E-state index in [-0.39, 0.29) is 11.9 Å². The van der Waals surface area contributed by atoms with Crippen molar-refractivity contribution in [2.75, 3.05) is 30.4 Å². The number of anilines is 2. The molecule has 3 amide bonds. The lowest BCUT2D eigenvalue weighted by atomic mass is 10.1. The fourth-order valence-corrected chi connectivity index (χ4v) is 3.90. The predicted molar refractivity (Wildman–Crippen MR) is 126 cm³/mol. The smallest absolute Gasteiger partial charge is 0.324 e. The van der Waals surface area contributed by atoms with E-state index in [0.29, 0.717) is 30.1 Å². The first-order valence-electron chi connectivity index (χ1n) is 10.7. The highest BCUT2D eigenvalue weighted by atomic mass is 16.5. The largest absolute Gasteiger partial charge is 0.495 e. The quantitative estimate of drug-likeness (QED) is 0.594. The van der Waals surface area contributed by atoms with Gasteiger partial charge in [-0.15, -0.1) is 0 Å². The molecule has 3 aromatic carbocycles. The van der Waals surface area contributed by atoms with Crippen molar-refractivity contribution in [2.24, 2.45) is 0 Å². The van der Waals surface area contributed by atoms with Gasteiger partial charge in [0, 0.05) is 30.9 Å². The van der Waals surface area contributed by atoms with Crippen molar-refractivity contribution in [3.63, 3.8) is 0 Å². The third kappa shape index (κ3) is 4.59. The van der Waals surface area contributed by atoms with Gasteiger partial charge < -0.3 is 15.0 Å². The third-order valence-corrected chi connectivity index (χ3v) is 5.73. The number of nitrogens with zero attached hydrogens (tertiary/aromatic N) is 2. The van der Waals surface area contributed by atoms with Gasteiger partial charge in [-0.1, -0.05) is 36.4 Å². The highest BCUT2D eigenvalue weighted by Crippen LogP contribution is 2.25. The standard InChI is InChI=1S/C26H27N3O3/c1-19-8-3-4-9-21(19)18-28-16-7-17-29(26(28)31)22-14-12-20(13-15-22)25(30)27-23-10-5-6-11-24(23)32-2/h3-6,8-15H,7,16-18H2,1-2H3,(H,27,30). The van der Waals surface area contributed by atoms with Crippen LogP contribution >= 0.6 is 0 Å². The number of ether oxygens (including phenoxy) is 1. The minimum absolute atomic E-state index is 0.00859. The van der Waals surface area contributed by atoms with Crippen LogP contribution in [-0.2, 0) is 6.54 Å². The summed E-state index contributed by atoms with van der Waals surface area (Å²) in [5.74, 6) is 0.373. The third-order valence-electron chi connectivity index (χ3n) is 5.73. The van der Waals surface area contributed by atoms with Crippen LogP contribution in [-0.4, -0.2) is 37.0 Å². The molecular formula is C26H27N3O3. The van der Waals surface area contributed by atoms with Crippen molar-refractivity contribution in [3.8, 4) is 5.75 Å². The zero-order chi connectivity index (χ0) is 22.5. The van der Waals surface area contributed by atoms with Crippen LogP contribution in [0.5, 0.6) is 5.75 Å². The molecule has 1 aliphatic heterocycles. The second kappa shape index (κ2) is 9.56. The van der Waals surface area contributed by atoms with Gasteiger partial charge in [-0.25, -0.2) is 4.79 Å². The van der Waals surface area contributed by atoms with E-state index in [9.17, 15) is 9.59 Å². The van der Waals surface area contributed by atoms with Crippen molar-refractivity contribution < 1.29 is 14.3 Å². The van der Waals surface area contributed by atoms with Gasteiger partial charge >= 0.3 is 6.03 Å². The van der Waals surface area contributed by atoms with E-state index in [2.05, 4.69) is 24.4 Å². The van der Waals surface area contributed by atoms with Crippen LogP contribution in [0.3, 0.4) is 0 Å².